The van der Waals surface area contributed by atoms with Crippen molar-refractivity contribution in [1.82, 2.24) is 0 Å². The van der Waals surface area contributed by atoms with E-state index in [4.69, 9.17) is 18.6 Å². The number of esters is 1. The lowest BCUT2D eigenvalue weighted by molar-refractivity contribution is -0.135. The van der Waals surface area contributed by atoms with Gasteiger partial charge in [-0.05, 0) is 44.2 Å². The lowest BCUT2D eigenvalue weighted by Gasteiger charge is -2.36. The Kier molecular flexibility index (Phi) is 4.18. The number of hydrogen-bond acceptors (Lipinski definition) is 7. The molecule has 7 nitrogen and oxygen atoms in total. The van der Waals surface area contributed by atoms with Crippen LogP contribution in [0.5, 0.6) is 17.2 Å². The minimum Gasteiger partial charge on any atom is -0.497 e. The van der Waals surface area contributed by atoms with E-state index in [1.54, 1.807) is 30.3 Å². The van der Waals surface area contributed by atoms with Gasteiger partial charge in [0, 0.05) is 17.0 Å². The molecule has 1 atom stereocenters. The van der Waals surface area contributed by atoms with Crippen LogP contribution in [0.3, 0.4) is 0 Å². The maximum atomic E-state index is 13.4. The van der Waals surface area contributed by atoms with Gasteiger partial charge >= 0.3 is 5.97 Å². The highest BCUT2D eigenvalue weighted by Crippen LogP contribution is 2.48. The molecular formula is C24H20O7. The molecule has 2 aliphatic heterocycles. The predicted molar refractivity (Wildman–Crippen MR) is 111 cm³/mol. The van der Waals surface area contributed by atoms with Crippen LogP contribution >= 0.6 is 0 Å². The van der Waals surface area contributed by atoms with E-state index in [1.807, 2.05) is 13.8 Å². The van der Waals surface area contributed by atoms with Crippen LogP contribution in [0.4, 0.5) is 0 Å². The average molecular weight is 420 g/mol. The van der Waals surface area contributed by atoms with Crippen LogP contribution in [0.1, 0.15) is 54.1 Å². The van der Waals surface area contributed by atoms with Crippen LogP contribution in [0, 0.1) is 0 Å². The Morgan fingerprint density at radius 3 is 2.68 bits per heavy atom. The second-order valence-corrected chi connectivity index (χ2v) is 8.43. The fraction of sp³-hybridized carbons (Fsp3) is 0.292. The number of methoxy groups -OCH3 is 1. The van der Waals surface area contributed by atoms with Gasteiger partial charge in [0.15, 0.2) is 11.2 Å². The fourth-order valence-corrected chi connectivity index (χ4v) is 4.32. The Bertz CT molecular complexity index is 1320. The molecule has 1 aromatic heterocycles. The predicted octanol–water partition coefficient (Wildman–Crippen LogP) is 3.99. The van der Waals surface area contributed by atoms with E-state index in [1.165, 1.54) is 13.4 Å². The van der Waals surface area contributed by atoms with Crippen LogP contribution in [0.25, 0.3) is 11.0 Å². The van der Waals surface area contributed by atoms with E-state index >= 15 is 0 Å². The molecule has 0 N–H and O–H groups in total. The Labute approximate surface area is 177 Å². The molecule has 0 amide bonds. The molecule has 5 rings (SSSR count). The Morgan fingerprint density at radius 2 is 1.90 bits per heavy atom. The van der Waals surface area contributed by atoms with Gasteiger partial charge in [-0.1, -0.05) is 0 Å². The number of benzene rings is 2. The zero-order valence-corrected chi connectivity index (χ0v) is 17.3. The van der Waals surface area contributed by atoms with E-state index in [2.05, 4.69) is 0 Å². The number of ether oxygens (including phenoxy) is 3. The van der Waals surface area contributed by atoms with Gasteiger partial charge in [-0.15, -0.1) is 0 Å². The normalized spacial score (nSPS) is 19.3. The third-order valence-corrected chi connectivity index (χ3v) is 5.75. The summed E-state index contributed by atoms with van der Waals surface area (Å²) < 4.78 is 22.6. The highest BCUT2D eigenvalue weighted by molar-refractivity contribution is 6.01. The number of ketones is 1. The van der Waals surface area contributed by atoms with Crippen molar-refractivity contribution in [2.75, 3.05) is 7.11 Å². The summed E-state index contributed by atoms with van der Waals surface area (Å²) in [6, 6.07) is 8.17. The maximum absolute atomic E-state index is 13.4. The van der Waals surface area contributed by atoms with Crippen molar-refractivity contribution in [1.29, 1.82) is 0 Å². The van der Waals surface area contributed by atoms with E-state index in [-0.39, 0.29) is 29.8 Å². The number of carbonyl (C=O) groups is 2. The molecular weight excluding hydrogens is 400 g/mol. The molecule has 0 unspecified atom stereocenters. The molecule has 3 aromatic rings. The van der Waals surface area contributed by atoms with Crippen LogP contribution in [0.15, 0.2) is 45.8 Å². The Balaban J connectivity index is 1.75. The Hall–Kier alpha value is -3.61. The first-order valence-electron chi connectivity index (χ1n) is 9.96. The molecule has 0 fully saturated rings. The first kappa shape index (κ1) is 19.4. The van der Waals surface area contributed by atoms with Crippen LogP contribution in [-0.4, -0.2) is 24.5 Å². The summed E-state index contributed by atoms with van der Waals surface area (Å²) >= 11 is 0. The summed E-state index contributed by atoms with van der Waals surface area (Å²) in [6.45, 7) is 3.65. The van der Waals surface area contributed by atoms with Crippen LogP contribution in [0.2, 0.25) is 0 Å². The summed E-state index contributed by atoms with van der Waals surface area (Å²) in [5, 5.41) is 0.347. The monoisotopic (exact) mass is 420 g/mol. The first-order valence-corrected chi connectivity index (χ1v) is 9.96. The molecule has 3 heterocycles. The Morgan fingerprint density at radius 1 is 1.10 bits per heavy atom. The second-order valence-electron chi connectivity index (χ2n) is 8.43. The van der Waals surface area contributed by atoms with Gasteiger partial charge in [-0.3, -0.25) is 14.4 Å². The van der Waals surface area contributed by atoms with Gasteiger partial charge in [0.05, 0.1) is 37.2 Å². The van der Waals surface area contributed by atoms with Crippen molar-refractivity contribution in [2.24, 2.45) is 0 Å². The molecule has 0 bridgehead atoms. The van der Waals surface area contributed by atoms with E-state index in [0.717, 1.165) is 0 Å². The minimum atomic E-state index is -0.716. The lowest BCUT2D eigenvalue weighted by atomic mass is 9.82. The van der Waals surface area contributed by atoms with Gasteiger partial charge in [-0.25, -0.2) is 0 Å². The molecule has 0 radical (unpaired) electrons. The maximum Gasteiger partial charge on any atom is 0.312 e. The molecule has 0 spiro atoms. The average Bonchev–Trinajstić information content (AvgIpc) is 2.72. The van der Waals surface area contributed by atoms with E-state index < -0.39 is 17.5 Å². The lowest BCUT2D eigenvalue weighted by Crippen LogP contribution is -2.37. The molecule has 7 heteroatoms. The van der Waals surface area contributed by atoms with Crippen molar-refractivity contribution in [3.8, 4) is 17.2 Å². The van der Waals surface area contributed by atoms with Crippen molar-refractivity contribution in [3.63, 3.8) is 0 Å². The number of Topliss-reactive ketones (excluding diaryl/α,β-unsaturated/α-hetero) is 1. The summed E-state index contributed by atoms with van der Waals surface area (Å²) in [5.74, 6) is -0.0193. The standard InChI is InChI=1S/C24H20O7/c1-24(2)10-17(25)13-5-7-19-21(23(13)31-24)14(9-20(26)30-19)16-11-29-18-6-4-12(28-3)8-15(18)22(16)27/h4-8,11,14H,9-10H2,1-3H3/t14-/m0/s1. The largest absolute Gasteiger partial charge is 0.497 e. The highest BCUT2D eigenvalue weighted by atomic mass is 16.5. The first-order chi connectivity index (χ1) is 14.8. The van der Waals surface area contributed by atoms with Gasteiger partial charge < -0.3 is 18.6 Å². The number of rotatable bonds is 2. The van der Waals surface area contributed by atoms with Gasteiger partial charge in [0.1, 0.15) is 28.4 Å². The topological polar surface area (TPSA) is 92.0 Å². The SMILES string of the molecule is COc1ccc2occ([C@@H]3CC(=O)Oc4ccc5c(c43)OC(C)(C)CC5=O)c(=O)c2c1. The number of carbonyl (C=O) groups excluding carboxylic acids is 2. The van der Waals surface area contributed by atoms with Crippen LogP contribution in [-0.2, 0) is 4.79 Å². The van der Waals surface area contributed by atoms with E-state index in [9.17, 15) is 14.4 Å². The van der Waals surface area contributed by atoms with Gasteiger partial charge in [0.25, 0.3) is 0 Å². The summed E-state index contributed by atoms with van der Waals surface area (Å²) in [4.78, 5) is 38.5. The third kappa shape index (κ3) is 3.08. The van der Waals surface area contributed by atoms with Crippen molar-refractivity contribution in [2.45, 2.75) is 38.2 Å². The summed E-state index contributed by atoms with van der Waals surface area (Å²) in [5.41, 5.74) is 0.667. The molecule has 0 saturated carbocycles. The second kappa shape index (κ2) is 6.70. The van der Waals surface area contributed by atoms with Crippen LogP contribution < -0.4 is 19.6 Å². The van der Waals surface area contributed by atoms with E-state index in [0.29, 0.717) is 39.2 Å². The van der Waals surface area contributed by atoms with Gasteiger partial charge in [0.2, 0.25) is 0 Å². The van der Waals surface area contributed by atoms with Crippen molar-refractivity contribution in [3.05, 3.63) is 63.5 Å². The van der Waals surface area contributed by atoms with Crippen molar-refractivity contribution < 1.29 is 28.2 Å². The molecule has 2 aromatic carbocycles. The van der Waals surface area contributed by atoms with Gasteiger partial charge in [-0.2, -0.15) is 0 Å². The minimum absolute atomic E-state index is 0.0556. The fourth-order valence-electron chi connectivity index (χ4n) is 4.32. The molecule has 2 aliphatic rings. The summed E-state index contributed by atoms with van der Waals surface area (Å²) in [7, 11) is 1.52. The smallest absolute Gasteiger partial charge is 0.312 e. The molecule has 0 saturated heterocycles. The summed E-state index contributed by atoms with van der Waals surface area (Å²) in [6.07, 6.45) is 1.54. The van der Waals surface area contributed by atoms with Crippen molar-refractivity contribution >= 4 is 22.7 Å². The quantitative estimate of drug-likeness (QED) is 0.457. The number of fused-ring (bicyclic) bond motifs is 4. The molecule has 158 valence electrons. The molecule has 0 aliphatic carbocycles. The zero-order valence-electron chi connectivity index (χ0n) is 17.3. The third-order valence-electron chi connectivity index (χ3n) is 5.75. The number of hydrogen-bond donors (Lipinski definition) is 0. The molecule has 31 heavy (non-hydrogen) atoms. The zero-order chi connectivity index (χ0) is 21.9. The highest BCUT2D eigenvalue weighted by Gasteiger charge is 2.40.